The van der Waals surface area contributed by atoms with Crippen molar-refractivity contribution in [2.45, 2.75) is 33.1 Å². The normalized spacial score (nSPS) is 22.4. The van der Waals surface area contributed by atoms with Gasteiger partial charge in [0, 0.05) is 0 Å². The molecule has 1 N–H and O–H groups in total. The van der Waals surface area contributed by atoms with Gasteiger partial charge in [-0.1, -0.05) is 50.6 Å². The molecule has 1 aromatic rings. The fraction of sp³-hybridized carbons (Fsp3) is 0.438. The van der Waals surface area contributed by atoms with E-state index in [4.69, 9.17) is 0 Å². The Labute approximate surface area is 152 Å². The van der Waals surface area contributed by atoms with Gasteiger partial charge in [-0.05, 0) is 30.2 Å². The second kappa shape index (κ2) is 7.90. The van der Waals surface area contributed by atoms with Gasteiger partial charge in [-0.25, -0.2) is 9.79 Å². The quantitative estimate of drug-likeness (QED) is 0.684. The summed E-state index contributed by atoms with van der Waals surface area (Å²) in [6.45, 7) is 3.78. The number of benzene rings is 1. The van der Waals surface area contributed by atoms with Gasteiger partial charge in [0.15, 0.2) is 0 Å². The van der Waals surface area contributed by atoms with E-state index in [1.807, 2.05) is 44.2 Å². The molecule has 3 amide bonds. The maximum Gasteiger partial charge on any atom is 1.00 e. The average Bonchev–Trinajstić information content (AvgIpc) is 2.47. The van der Waals surface area contributed by atoms with Gasteiger partial charge in [0.2, 0.25) is 5.91 Å². The summed E-state index contributed by atoms with van der Waals surface area (Å²) < 4.78 is 0. The maximum absolute atomic E-state index is 12.3. The zero-order valence-electron chi connectivity index (χ0n) is 13.3. The molecule has 0 aromatic heterocycles. The third-order valence-corrected chi connectivity index (χ3v) is 4.31. The average molecular weight is 310 g/mol. The first-order chi connectivity index (χ1) is 10.0. The number of aryl methyl sites for hydroxylation is 1. The molecule has 1 aromatic carbocycles. The summed E-state index contributed by atoms with van der Waals surface area (Å²) in [6, 6.07) is 8.81. The van der Waals surface area contributed by atoms with Crippen LogP contribution in [0.5, 0.6) is 0 Å². The molecule has 0 radical (unpaired) electrons. The van der Waals surface area contributed by atoms with Crippen LogP contribution in [0.3, 0.4) is 0 Å². The number of aliphatic imine (C=N–C) groups is 1. The van der Waals surface area contributed by atoms with Crippen LogP contribution in [0.2, 0.25) is 0 Å². The van der Waals surface area contributed by atoms with Crippen LogP contribution in [0.4, 0.5) is 4.79 Å². The number of nitrogens with one attached hydrogen (secondary N) is 1. The van der Waals surface area contributed by atoms with Crippen molar-refractivity contribution in [3.63, 3.8) is 0 Å². The smallest absolute Gasteiger partial charge is 0.861 e. The molecule has 1 aliphatic heterocycles. The number of carbonyl (C=O) groups is 2. The van der Waals surface area contributed by atoms with Crippen molar-refractivity contribution >= 4 is 17.8 Å². The van der Waals surface area contributed by atoms with Gasteiger partial charge in [0.05, 0.1) is 5.41 Å². The van der Waals surface area contributed by atoms with Crippen LogP contribution in [-0.4, -0.2) is 17.8 Å². The Morgan fingerprint density at radius 1 is 1.27 bits per heavy atom. The first kappa shape index (κ1) is 18.9. The van der Waals surface area contributed by atoms with Crippen molar-refractivity contribution in [1.82, 2.24) is 5.32 Å². The van der Waals surface area contributed by atoms with Crippen LogP contribution >= 0.6 is 0 Å². The minimum Gasteiger partial charge on any atom is -0.861 e. The van der Waals surface area contributed by atoms with E-state index < -0.39 is 23.3 Å². The Morgan fingerprint density at radius 2 is 1.91 bits per heavy atom. The molecule has 0 saturated heterocycles. The van der Waals surface area contributed by atoms with E-state index in [1.54, 1.807) is 0 Å². The van der Waals surface area contributed by atoms with Crippen LogP contribution in [0.15, 0.2) is 35.3 Å². The number of rotatable bonds is 5. The molecular formula is C16H19N2NaO3. The van der Waals surface area contributed by atoms with Crippen molar-refractivity contribution < 1.29 is 44.3 Å². The molecule has 2 atom stereocenters. The number of hydrogen-bond donors (Lipinski definition) is 1. The minimum absolute atomic E-state index is 0. The van der Waals surface area contributed by atoms with E-state index >= 15 is 0 Å². The molecule has 0 aliphatic carbocycles. The summed E-state index contributed by atoms with van der Waals surface area (Å²) in [6.07, 6.45) is 1.61. The van der Waals surface area contributed by atoms with Gasteiger partial charge < -0.3 is 5.11 Å². The molecule has 0 saturated carbocycles. The van der Waals surface area contributed by atoms with Crippen LogP contribution in [0, 0.1) is 11.3 Å². The van der Waals surface area contributed by atoms with E-state index in [2.05, 4.69) is 10.3 Å². The third kappa shape index (κ3) is 3.59. The van der Waals surface area contributed by atoms with Crippen LogP contribution in [-0.2, 0) is 11.2 Å². The zero-order valence-corrected chi connectivity index (χ0v) is 15.3. The fourth-order valence-corrected chi connectivity index (χ4v) is 2.76. The van der Waals surface area contributed by atoms with Crippen molar-refractivity contribution in [2.24, 2.45) is 16.3 Å². The molecule has 0 spiro atoms. The molecule has 0 bridgehead atoms. The number of nitrogens with zero attached hydrogens (tertiary/aromatic N) is 1. The van der Waals surface area contributed by atoms with Crippen LogP contribution in [0.25, 0.3) is 0 Å². The molecule has 6 heteroatoms. The molecule has 1 heterocycles. The summed E-state index contributed by atoms with van der Waals surface area (Å²) in [5.74, 6) is -1.30. The number of hydrogen-bond acceptors (Lipinski definition) is 3. The van der Waals surface area contributed by atoms with Crippen molar-refractivity contribution in [2.75, 3.05) is 0 Å². The Kier molecular flexibility index (Phi) is 6.78. The van der Waals surface area contributed by atoms with E-state index in [1.165, 1.54) is 0 Å². The number of carbonyl (C=O) groups excluding carboxylic acids is 2. The molecule has 1 aliphatic rings. The van der Waals surface area contributed by atoms with Gasteiger partial charge in [-0.2, -0.15) is 0 Å². The Balaban J connectivity index is 0.00000242. The number of imide groups is 1. The van der Waals surface area contributed by atoms with Gasteiger partial charge in [0.1, 0.15) is 0 Å². The third-order valence-electron chi connectivity index (χ3n) is 4.31. The monoisotopic (exact) mass is 310 g/mol. The summed E-state index contributed by atoms with van der Waals surface area (Å²) in [5.41, 5.74) is -0.184. The van der Waals surface area contributed by atoms with Crippen LogP contribution in [0.1, 0.15) is 32.3 Å². The second-order valence-corrected chi connectivity index (χ2v) is 5.44. The fourth-order valence-electron chi connectivity index (χ4n) is 2.76. The largest absolute Gasteiger partial charge is 1.00 e. The Bertz CT molecular complexity index is 574. The predicted octanol–water partition coefficient (Wildman–Crippen LogP) is -1.34. The summed E-state index contributed by atoms with van der Waals surface area (Å²) >= 11 is 0. The second-order valence-electron chi connectivity index (χ2n) is 5.44. The van der Waals surface area contributed by atoms with Crippen molar-refractivity contribution in [1.29, 1.82) is 0 Å². The Hall–Kier alpha value is -1.17. The van der Waals surface area contributed by atoms with E-state index in [0.717, 1.165) is 5.56 Å². The maximum atomic E-state index is 12.3. The zero-order chi connectivity index (χ0) is 15.5. The standard InChI is InChI=1S/C16H20N2O3.Na/c1-3-11(2)16(10-9-12-7-5-4-6-8-12)13(19)17-15(21)18-14(16)20;/h4-8,11H,3,9-10H2,1-2H3,(H2,17,18,19,20,21);/q;+1/p-1. The van der Waals surface area contributed by atoms with Crippen molar-refractivity contribution in [3.05, 3.63) is 35.9 Å². The number of amides is 3. The SMILES string of the molecule is CCC(C)C1(CCc2ccccc2)C(=O)NC(=O)N=C1[O-].[Na+]. The molecular weight excluding hydrogens is 291 g/mol. The van der Waals surface area contributed by atoms with Gasteiger partial charge in [-0.3, -0.25) is 10.1 Å². The first-order valence-electron chi connectivity index (χ1n) is 7.16. The van der Waals surface area contributed by atoms with E-state index in [9.17, 15) is 14.7 Å². The van der Waals surface area contributed by atoms with Gasteiger partial charge in [-0.15, -0.1) is 0 Å². The number of urea groups is 1. The Morgan fingerprint density at radius 3 is 2.45 bits per heavy atom. The van der Waals surface area contributed by atoms with E-state index in [0.29, 0.717) is 19.3 Å². The molecule has 2 rings (SSSR count). The summed E-state index contributed by atoms with van der Waals surface area (Å²) in [7, 11) is 0. The van der Waals surface area contributed by atoms with Gasteiger partial charge in [0.25, 0.3) is 0 Å². The molecule has 112 valence electrons. The van der Waals surface area contributed by atoms with E-state index in [-0.39, 0.29) is 35.5 Å². The minimum atomic E-state index is -1.24. The van der Waals surface area contributed by atoms with Crippen LogP contribution < -0.4 is 40.0 Å². The molecule has 5 nitrogen and oxygen atoms in total. The molecule has 22 heavy (non-hydrogen) atoms. The topological polar surface area (TPSA) is 81.6 Å². The summed E-state index contributed by atoms with van der Waals surface area (Å²) in [4.78, 5) is 27.0. The molecule has 0 fully saturated rings. The molecule has 2 unspecified atom stereocenters. The first-order valence-corrected chi connectivity index (χ1v) is 7.16. The summed E-state index contributed by atoms with van der Waals surface area (Å²) in [5, 5.41) is 14.5. The van der Waals surface area contributed by atoms with Gasteiger partial charge >= 0.3 is 35.6 Å². The predicted molar refractivity (Wildman–Crippen MR) is 77.6 cm³/mol. The van der Waals surface area contributed by atoms with Crippen molar-refractivity contribution in [3.8, 4) is 0 Å².